The van der Waals surface area contributed by atoms with Crippen LogP contribution in [0.25, 0.3) is 0 Å². The first-order valence-corrected chi connectivity index (χ1v) is 5.69. The topological polar surface area (TPSA) is 47.9 Å². The quantitative estimate of drug-likeness (QED) is 0.532. The minimum absolute atomic E-state index is 0.187. The zero-order chi connectivity index (χ0) is 11.4. The average molecular weight is 220 g/mol. The maximum absolute atomic E-state index is 8.49. The van der Waals surface area contributed by atoms with Crippen LogP contribution in [-0.2, 0) is 14.2 Å². The van der Waals surface area contributed by atoms with Crippen molar-refractivity contribution in [2.24, 2.45) is 0 Å². The molecular formula is C11H24O4. The van der Waals surface area contributed by atoms with E-state index in [0.29, 0.717) is 32.8 Å². The molecule has 1 unspecified atom stereocenters. The molecule has 0 bridgehead atoms. The van der Waals surface area contributed by atoms with E-state index in [2.05, 4.69) is 0 Å². The molecule has 4 nitrogen and oxygen atoms in total. The second kappa shape index (κ2) is 11.9. The van der Waals surface area contributed by atoms with Crippen molar-refractivity contribution < 1.29 is 19.3 Å². The van der Waals surface area contributed by atoms with Gasteiger partial charge >= 0.3 is 0 Å². The molecule has 1 N–H and O–H groups in total. The Morgan fingerprint density at radius 1 is 1.07 bits per heavy atom. The Balaban J connectivity index is 2.98. The van der Waals surface area contributed by atoms with E-state index in [4.69, 9.17) is 19.3 Å². The molecule has 0 heterocycles. The second-order valence-electron chi connectivity index (χ2n) is 3.36. The number of hydrogen-bond donors (Lipinski definition) is 1. The molecule has 0 aromatic carbocycles. The van der Waals surface area contributed by atoms with Gasteiger partial charge in [-0.25, -0.2) is 0 Å². The summed E-state index contributed by atoms with van der Waals surface area (Å²) in [5.41, 5.74) is 0. The molecule has 15 heavy (non-hydrogen) atoms. The van der Waals surface area contributed by atoms with Crippen LogP contribution in [0.15, 0.2) is 0 Å². The largest absolute Gasteiger partial charge is 0.396 e. The lowest BCUT2D eigenvalue weighted by atomic mass is 10.3. The Kier molecular flexibility index (Phi) is 11.8. The smallest absolute Gasteiger partial charge is 0.0700 e. The summed E-state index contributed by atoms with van der Waals surface area (Å²) in [5, 5.41) is 8.49. The van der Waals surface area contributed by atoms with E-state index in [-0.39, 0.29) is 12.7 Å². The Morgan fingerprint density at radius 3 is 2.33 bits per heavy atom. The number of hydrogen-bond acceptors (Lipinski definition) is 4. The molecule has 0 fully saturated rings. The first kappa shape index (κ1) is 14.8. The number of aliphatic hydroxyl groups is 1. The van der Waals surface area contributed by atoms with Crippen LogP contribution in [0.2, 0.25) is 0 Å². The van der Waals surface area contributed by atoms with Gasteiger partial charge in [-0.2, -0.15) is 0 Å². The van der Waals surface area contributed by atoms with Gasteiger partial charge in [-0.05, 0) is 26.7 Å². The summed E-state index contributed by atoms with van der Waals surface area (Å²) in [4.78, 5) is 0. The Hall–Kier alpha value is -0.160. The predicted molar refractivity (Wildman–Crippen MR) is 59.0 cm³/mol. The monoisotopic (exact) mass is 220 g/mol. The summed E-state index contributed by atoms with van der Waals surface area (Å²) in [6.07, 6.45) is 1.89. The van der Waals surface area contributed by atoms with Gasteiger partial charge < -0.3 is 19.3 Å². The Bertz CT molecular complexity index is 119. The molecule has 1 atom stereocenters. The lowest BCUT2D eigenvalue weighted by molar-refractivity contribution is 0.0142. The predicted octanol–water partition coefficient (Wildman–Crippen LogP) is 1.22. The van der Waals surface area contributed by atoms with Crippen molar-refractivity contribution in [2.75, 3.05) is 39.6 Å². The van der Waals surface area contributed by atoms with Crippen LogP contribution in [0.5, 0.6) is 0 Å². The van der Waals surface area contributed by atoms with E-state index in [1.807, 2.05) is 13.8 Å². The van der Waals surface area contributed by atoms with Crippen molar-refractivity contribution >= 4 is 0 Å². The van der Waals surface area contributed by atoms with Crippen molar-refractivity contribution in [2.45, 2.75) is 32.8 Å². The van der Waals surface area contributed by atoms with Gasteiger partial charge in [0, 0.05) is 26.4 Å². The van der Waals surface area contributed by atoms with E-state index in [1.165, 1.54) is 0 Å². The molecule has 0 spiro atoms. The number of aliphatic hydroxyl groups excluding tert-OH is 1. The number of ether oxygens (including phenoxy) is 3. The molecule has 0 aromatic rings. The van der Waals surface area contributed by atoms with Gasteiger partial charge in [0.05, 0.1) is 19.3 Å². The summed E-state index contributed by atoms with van der Waals surface area (Å²) in [7, 11) is 0. The molecule has 92 valence electrons. The summed E-state index contributed by atoms with van der Waals surface area (Å²) in [6.45, 7) is 7.52. The first-order chi connectivity index (χ1) is 7.31. The lowest BCUT2D eigenvalue weighted by Crippen LogP contribution is -2.13. The van der Waals surface area contributed by atoms with E-state index in [9.17, 15) is 0 Å². The highest BCUT2D eigenvalue weighted by Crippen LogP contribution is 1.97. The number of rotatable bonds is 11. The van der Waals surface area contributed by atoms with Gasteiger partial charge in [-0.1, -0.05) is 0 Å². The fourth-order valence-electron chi connectivity index (χ4n) is 1.11. The minimum Gasteiger partial charge on any atom is -0.396 e. The maximum atomic E-state index is 8.49. The first-order valence-electron chi connectivity index (χ1n) is 5.69. The fraction of sp³-hybridized carbons (Fsp3) is 1.00. The molecule has 0 saturated heterocycles. The molecular weight excluding hydrogens is 196 g/mol. The van der Waals surface area contributed by atoms with Crippen LogP contribution in [0, 0.1) is 0 Å². The van der Waals surface area contributed by atoms with E-state index in [0.717, 1.165) is 13.0 Å². The van der Waals surface area contributed by atoms with Crippen molar-refractivity contribution in [3.05, 3.63) is 0 Å². The third-order valence-electron chi connectivity index (χ3n) is 1.94. The molecule has 0 amide bonds. The fourth-order valence-corrected chi connectivity index (χ4v) is 1.11. The van der Waals surface area contributed by atoms with Crippen LogP contribution >= 0.6 is 0 Å². The van der Waals surface area contributed by atoms with Crippen molar-refractivity contribution in [1.82, 2.24) is 0 Å². The summed E-state index contributed by atoms with van der Waals surface area (Å²) in [6, 6.07) is 0. The van der Waals surface area contributed by atoms with Gasteiger partial charge in [0.2, 0.25) is 0 Å². The standard InChI is InChI=1S/C11H24O4/c1-3-15-11(2)5-8-14-10-9-13-7-4-6-12/h11-12H,3-10H2,1-2H3. The molecule has 0 aliphatic carbocycles. The van der Waals surface area contributed by atoms with Gasteiger partial charge in [-0.3, -0.25) is 0 Å². The molecule has 0 rings (SSSR count). The highest BCUT2D eigenvalue weighted by atomic mass is 16.5. The van der Waals surface area contributed by atoms with E-state index < -0.39 is 0 Å². The molecule has 4 heteroatoms. The highest BCUT2D eigenvalue weighted by Gasteiger charge is 1.99. The summed E-state index contributed by atoms with van der Waals surface area (Å²) >= 11 is 0. The minimum atomic E-state index is 0.187. The van der Waals surface area contributed by atoms with Crippen LogP contribution in [0.1, 0.15) is 26.7 Å². The average Bonchev–Trinajstić information content (AvgIpc) is 2.22. The van der Waals surface area contributed by atoms with Crippen LogP contribution in [0.3, 0.4) is 0 Å². The molecule has 0 aliphatic heterocycles. The lowest BCUT2D eigenvalue weighted by Gasteiger charge is -2.11. The van der Waals surface area contributed by atoms with E-state index >= 15 is 0 Å². The third kappa shape index (κ3) is 11.8. The van der Waals surface area contributed by atoms with Gasteiger partial charge in [0.15, 0.2) is 0 Å². The summed E-state index contributed by atoms with van der Waals surface area (Å²) in [5.74, 6) is 0. The highest BCUT2D eigenvalue weighted by molar-refractivity contribution is 4.48. The zero-order valence-corrected chi connectivity index (χ0v) is 9.91. The van der Waals surface area contributed by atoms with Gasteiger partial charge in [0.1, 0.15) is 0 Å². The van der Waals surface area contributed by atoms with Crippen molar-refractivity contribution in [1.29, 1.82) is 0 Å². The van der Waals surface area contributed by atoms with Crippen LogP contribution in [0.4, 0.5) is 0 Å². The molecule has 0 radical (unpaired) electrons. The molecule has 0 aromatic heterocycles. The SMILES string of the molecule is CCOC(C)CCOCCOCCCO. The second-order valence-corrected chi connectivity index (χ2v) is 3.36. The van der Waals surface area contributed by atoms with Crippen LogP contribution < -0.4 is 0 Å². The van der Waals surface area contributed by atoms with Crippen molar-refractivity contribution in [3.8, 4) is 0 Å². The zero-order valence-electron chi connectivity index (χ0n) is 9.91. The third-order valence-corrected chi connectivity index (χ3v) is 1.94. The van der Waals surface area contributed by atoms with E-state index in [1.54, 1.807) is 0 Å². The molecule has 0 saturated carbocycles. The summed E-state index contributed by atoms with van der Waals surface area (Å²) < 4.78 is 15.9. The Labute approximate surface area is 92.5 Å². The molecule has 0 aliphatic rings. The van der Waals surface area contributed by atoms with Gasteiger partial charge in [0.25, 0.3) is 0 Å². The van der Waals surface area contributed by atoms with Crippen molar-refractivity contribution in [3.63, 3.8) is 0 Å². The maximum Gasteiger partial charge on any atom is 0.0700 e. The Morgan fingerprint density at radius 2 is 1.73 bits per heavy atom. The van der Waals surface area contributed by atoms with Gasteiger partial charge in [-0.15, -0.1) is 0 Å². The van der Waals surface area contributed by atoms with Crippen LogP contribution in [-0.4, -0.2) is 50.9 Å². The normalized spacial score (nSPS) is 13.0.